The fourth-order valence-electron chi connectivity index (χ4n) is 2.37. The topological polar surface area (TPSA) is 77.1 Å². The van der Waals surface area contributed by atoms with Crippen LogP contribution >= 0.6 is 0 Å². The largest absolute Gasteiger partial charge is 0.490 e. The lowest BCUT2D eigenvalue weighted by Crippen LogP contribution is -2.24. The van der Waals surface area contributed by atoms with Crippen molar-refractivity contribution < 1.29 is 14.3 Å². The molecule has 0 aliphatic carbocycles. The Morgan fingerprint density at radius 1 is 1.50 bits per heavy atom. The Labute approximate surface area is 127 Å². The molecule has 3 rings (SSSR count). The first-order chi connectivity index (χ1) is 10.6. The van der Waals surface area contributed by atoms with Crippen molar-refractivity contribution in [1.29, 1.82) is 5.26 Å². The first-order valence-electron chi connectivity index (χ1n) is 6.96. The first kappa shape index (κ1) is 14.1. The van der Waals surface area contributed by atoms with Crippen LogP contribution < -0.4 is 9.47 Å². The van der Waals surface area contributed by atoms with Gasteiger partial charge < -0.3 is 9.47 Å². The van der Waals surface area contributed by atoms with Crippen molar-refractivity contribution in [3.63, 3.8) is 0 Å². The number of nitriles is 1. The lowest BCUT2D eigenvalue weighted by Gasteiger charge is -2.11. The van der Waals surface area contributed by atoms with E-state index in [1.165, 1.54) is 6.92 Å². The van der Waals surface area contributed by atoms with Gasteiger partial charge in [-0.05, 0) is 38.1 Å². The SMILES string of the molecule is CC(=O)c1ccc(OCC2Cn3c(nc(C#N)c3C)O2)cc1. The zero-order valence-electron chi connectivity index (χ0n) is 12.4. The lowest BCUT2D eigenvalue weighted by molar-refractivity contribution is 0.101. The predicted octanol–water partition coefficient (Wildman–Crippen LogP) is 2.11. The van der Waals surface area contributed by atoms with Gasteiger partial charge in [-0.25, -0.2) is 0 Å². The second-order valence-corrected chi connectivity index (χ2v) is 5.18. The summed E-state index contributed by atoms with van der Waals surface area (Å²) in [5.41, 5.74) is 1.87. The van der Waals surface area contributed by atoms with Gasteiger partial charge in [0.1, 0.15) is 18.4 Å². The molecule has 22 heavy (non-hydrogen) atoms. The fraction of sp³-hybridized carbons (Fsp3) is 0.312. The number of carbonyl (C=O) groups is 1. The third-order valence-corrected chi connectivity index (χ3v) is 3.65. The lowest BCUT2D eigenvalue weighted by atomic mass is 10.1. The molecule has 2 heterocycles. The van der Waals surface area contributed by atoms with E-state index in [0.717, 1.165) is 5.69 Å². The van der Waals surface area contributed by atoms with E-state index in [1.807, 2.05) is 17.6 Å². The molecule has 6 nitrogen and oxygen atoms in total. The van der Waals surface area contributed by atoms with Crippen LogP contribution in [0, 0.1) is 18.3 Å². The fourth-order valence-corrected chi connectivity index (χ4v) is 2.37. The van der Waals surface area contributed by atoms with Crippen LogP contribution in [-0.2, 0) is 6.54 Å². The minimum atomic E-state index is -0.138. The van der Waals surface area contributed by atoms with Crippen LogP contribution in [0.3, 0.4) is 0 Å². The third-order valence-electron chi connectivity index (χ3n) is 3.65. The maximum Gasteiger partial charge on any atom is 0.298 e. The van der Waals surface area contributed by atoms with Gasteiger partial charge in [-0.3, -0.25) is 9.36 Å². The molecule has 0 fully saturated rings. The van der Waals surface area contributed by atoms with E-state index in [2.05, 4.69) is 4.98 Å². The van der Waals surface area contributed by atoms with E-state index < -0.39 is 0 Å². The Morgan fingerprint density at radius 3 is 2.82 bits per heavy atom. The van der Waals surface area contributed by atoms with Crippen molar-refractivity contribution in [2.45, 2.75) is 26.5 Å². The number of hydrogen-bond donors (Lipinski definition) is 0. The molecule has 1 aliphatic heterocycles. The Morgan fingerprint density at radius 2 is 2.23 bits per heavy atom. The highest BCUT2D eigenvalue weighted by atomic mass is 16.6. The molecule has 1 unspecified atom stereocenters. The van der Waals surface area contributed by atoms with Crippen molar-refractivity contribution in [3.05, 3.63) is 41.2 Å². The molecule has 2 aromatic rings. The summed E-state index contributed by atoms with van der Waals surface area (Å²) in [5, 5.41) is 8.93. The molecule has 0 N–H and O–H groups in total. The number of ether oxygens (including phenoxy) is 2. The molecule has 0 saturated heterocycles. The number of fused-ring (bicyclic) bond motifs is 1. The second kappa shape index (κ2) is 5.53. The molecule has 0 amide bonds. The number of aromatic nitrogens is 2. The Kier molecular flexibility index (Phi) is 3.55. The highest BCUT2D eigenvalue weighted by molar-refractivity contribution is 5.94. The molecule has 1 aromatic carbocycles. The minimum absolute atomic E-state index is 0.0277. The summed E-state index contributed by atoms with van der Waals surface area (Å²) in [6.07, 6.45) is -0.138. The van der Waals surface area contributed by atoms with Crippen LogP contribution in [0.25, 0.3) is 0 Å². The van der Waals surface area contributed by atoms with Crippen molar-refractivity contribution in [3.8, 4) is 17.8 Å². The second-order valence-electron chi connectivity index (χ2n) is 5.18. The van der Waals surface area contributed by atoms with E-state index in [4.69, 9.17) is 14.7 Å². The molecule has 0 saturated carbocycles. The number of imidazole rings is 1. The minimum Gasteiger partial charge on any atom is -0.490 e. The Balaban J connectivity index is 1.60. The summed E-state index contributed by atoms with van der Waals surface area (Å²) in [6, 6.07) is 9.52. The van der Waals surface area contributed by atoms with Gasteiger partial charge in [0.15, 0.2) is 17.6 Å². The molecular formula is C16H15N3O3. The number of carbonyl (C=O) groups excluding carboxylic acids is 1. The van der Waals surface area contributed by atoms with Crippen LogP contribution in [0.5, 0.6) is 11.8 Å². The monoisotopic (exact) mass is 297 g/mol. The van der Waals surface area contributed by atoms with Crippen LogP contribution in [-0.4, -0.2) is 28.0 Å². The van der Waals surface area contributed by atoms with Gasteiger partial charge in [-0.1, -0.05) is 0 Å². The first-order valence-corrected chi connectivity index (χ1v) is 6.96. The number of rotatable bonds is 4. The van der Waals surface area contributed by atoms with Gasteiger partial charge in [0.05, 0.1) is 12.2 Å². The summed E-state index contributed by atoms with van der Waals surface area (Å²) < 4.78 is 13.2. The summed E-state index contributed by atoms with van der Waals surface area (Å²) >= 11 is 0. The Hall–Kier alpha value is -2.81. The van der Waals surface area contributed by atoms with Gasteiger partial charge in [0.2, 0.25) is 0 Å². The molecule has 0 spiro atoms. The van der Waals surface area contributed by atoms with Crippen molar-refractivity contribution >= 4 is 5.78 Å². The average molecular weight is 297 g/mol. The summed E-state index contributed by atoms with van der Waals surface area (Å²) in [7, 11) is 0. The van der Waals surface area contributed by atoms with Crippen molar-refractivity contribution in [2.75, 3.05) is 6.61 Å². The number of ketones is 1. The average Bonchev–Trinajstić information content (AvgIpc) is 3.04. The van der Waals surface area contributed by atoms with Crippen LogP contribution in [0.2, 0.25) is 0 Å². The van der Waals surface area contributed by atoms with E-state index in [9.17, 15) is 4.79 Å². The van der Waals surface area contributed by atoms with E-state index >= 15 is 0 Å². The van der Waals surface area contributed by atoms with Crippen LogP contribution in [0.4, 0.5) is 0 Å². The van der Waals surface area contributed by atoms with Gasteiger partial charge in [0, 0.05) is 5.56 Å². The number of hydrogen-bond acceptors (Lipinski definition) is 5. The summed E-state index contributed by atoms with van der Waals surface area (Å²) in [4.78, 5) is 15.3. The standard InChI is InChI=1S/C16H15N3O3/c1-10-15(7-17)18-16-19(10)8-14(22-16)9-21-13-5-3-12(4-6-13)11(2)20/h3-6,14H,8-9H2,1-2H3. The number of benzene rings is 1. The Bertz CT molecular complexity index is 756. The molecular weight excluding hydrogens is 282 g/mol. The van der Waals surface area contributed by atoms with Gasteiger partial charge in [-0.2, -0.15) is 10.2 Å². The summed E-state index contributed by atoms with van der Waals surface area (Å²) in [5.74, 6) is 0.715. The highest BCUT2D eigenvalue weighted by Crippen LogP contribution is 2.25. The molecule has 1 aromatic heterocycles. The van der Waals surface area contributed by atoms with E-state index in [-0.39, 0.29) is 11.9 Å². The van der Waals surface area contributed by atoms with Gasteiger partial charge >= 0.3 is 0 Å². The molecule has 112 valence electrons. The molecule has 1 aliphatic rings. The van der Waals surface area contributed by atoms with E-state index in [1.54, 1.807) is 24.3 Å². The molecule has 6 heteroatoms. The van der Waals surface area contributed by atoms with Gasteiger partial charge in [-0.15, -0.1) is 0 Å². The van der Waals surface area contributed by atoms with Crippen molar-refractivity contribution in [2.24, 2.45) is 0 Å². The quantitative estimate of drug-likeness (QED) is 0.808. The third kappa shape index (κ3) is 2.53. The van der Waals surface area contributed by atoms with E-state index in [0.29, 0.717) is 36.2 Å². The zero-order chi connectivity index (χ0) is 15.7. The molecule has 0 radical (unpaired) electrons. The predicted molar refractivity (Wildman–Crippen MR) is 78.0 cm³/mol. The van der Waals surface area contributed by atoms with Crippen LogP contribution in [0.15, 0.2) is 24.3 Å². The number of Topliss-reactive ketones (excluding diaryl/α,β-unsaturated/α-hetero) is 1. The number of nitrogens with zero attached hydrogens (tertiary/aromatic N) is 3. The zero-order valence-corrected chi connectivity index (χ0v) is 12.4. The molecule has 1 atom stereocenters. The smallest absolute Gasteiger partial charge is 0.298 e. The highest BCUT2D eigenvalue weighted by Gasteiger charge is 2.28. The molecule has 0 bridgehead atoms. The maximum absolute atomic E-state index is 11.2. The van der Waals surface area contributed by atoms with Crippen LogP contribution in [0.1, 0.15) is 28.7 Å². The normalized spacial score (nSPS) is 15.8. The van der Waals surface area contributed by atoms with Crippen molar-refractivity contribution in [1.82, 2.24) is 9.55 Å². The maximum atomic E-state index is 11.2. The summed E-state index contributed by atoms with van der Waals surface area (Å²) in [6.45, 7) is 4.37. The van der Waals surface area contributed by atoms with Gasteiger partial charge in [0.25, 0.3) is 6.01 Å².